The average Bonchev–Trinajstić information content (AvgIpc) is 2.55. The van der Waals surface area contributed by atoms with Gasteiger partial charge in [-0.05, 0) is 30.7 Å². The standard InChI is InChI=1S/C17H24ClN2O2/c1-2-3-4-9-19-10-12-20(13-11-19)17(21)22-14-15-5-7-16(18)8-6-15/h5-8H,1-4,9-14H2. The van der Waals surface area contributed by atoms with Crippen molar-refractivity contribution < 1.29 is 9.53 Å². The number of hydrogen-bond donors (Lipinski definition) is 0. The minimum atomic E-state index is -0.229. The number of ether oxygens (including phenoxy) is 1. The Labute approximate surface area is 138 Å². The van der Waals surface area contributed by atoms with Crippen molar-refractivity contribution >= 4 is 17.7 Å². The van der Waals surface area contributed by atoms with Gasteiger partial charge in [0.05, 0.1) is 0 Å². The van der Waals surface area contributed by atoms with Crippen LogP contribution in [0.5, 0.6) is 0 Å². The fourth-order valence-electron chi connectivity index (χ4n) is 2.48. The van der Waals surface area contributed by atoms with Gasteiger partial charge >= 0.3 is 6.09 Å². The number of rotatable bonds is 6. The van der Waals surface area contributed by atoms with Gasteiger partial charge in [-0.3, -0.25) is 4.90 Å². The van der Waals surface area contributed by atoms with Gasteiger partial charge in [0.15, 0.2) is 0 Å². The van der Waals surface area contributed by atoms with E-state index in [4.69, 9.17) is 16.3 Å². The molecule has 22 heavy (non-hydrogen) atoms. The number of carbonyl (C=O) groups is 1. The molecular formula is C17H24ClN2O2. The number of halogens is 1. The highest BCUT2D eigenvalue weighted by Gasteiger charge is 2.21. The van der Waals surface area contributed by atoms with E-state index in [-0.39, 0.29) is 6.09 Å². The van der Waals surface area contributed by atoms with Crippen LogP contribution in [0, 0.1) is 6.92 Å². The molecule has 0 unspecified atom stereocenters. The van der Waals surface area contributed by atoms with E-state index in [2.05, 4.69) is 11.8 Å². The number of nitrogens with zero attached hydrogens (tertiary/aromatic N) is 2. The highest BCUT2D eigenvalue weighted by Crippen LogP contribution is 2.11. The van der Waals surface area contributed by atoms with Gasteiger partial charge in [0.1, 0.15) is 6.61 Å². The first-order chi connectivity index (χ1) is 10.7. The van der Waals surface area contributed by atoms with Crippen molar-refractivity contribution in [3.05, 3.63) is 41.8 Å². The predicted molar refractivity (Wildman–Crippen MR) is 88.9 cm³/mol. The molecule has 1 aromatic carbocycles. The summed E-state index contributed by atoms with van der Waals surface area (Å²) in [5.74, 6) is 0. The Bertz CT molecular complexity index is 456. The first-order valence-electron chi connectivity index (χ1n) is 7.87. The van der Waals surface area contributed by atoms with Crippen molar-refractivity contribution in [2.75, 3.05) is 32.7 Å². The number of unbranched alkanes of at least 4 members (excludes halogenated alkanes) is 2. The van der Waals surface area contributed by atoms with Crippen molar-refractivity contribution in [1.29, 1.82) is 0 Å². The summed E-state index contributed by atoms with van der Waals surface area (Å²) in [5, 5.41) is 0.685. The number of piperazine rings is 1. The zero-order valence-corrected chi connectivity index (χ0v) is 13.7. The minimum absolute atomic E-state index is 0.229. The van der Waals surface area contributed by atoms with Gasteiger partial charge in [-0.25, -0.2) is 4.79 Å². The van der Waals surface area contributed by atoms with E-state index >= 15 is 0 Å². The van der Waals surface area contributed by atoms with Crippen LogP contribution in [0.15, 0.2) is 24.3 Å². The van der Waals surface area contributed by atoms with E-state index in [1.54, 1.807) is 17.0 Å². The molecule has 1 fully saturated rings. The lowest BCUT2D eigenvalue weighted by atomic mass is 10.2. The quantitative estimate of drug-likeness (QED) is 0.750. The molecule has 1 aliphatic heterocycles. The average molecular weight is 324 g/mol. The maximum atomic E-state index is 12.1. The van der Waals surface area contributed by atoms with Gasteiger partial charge in [0, 0.05) is 31.2 Å². The molecule has 0 atom stereocenters. The third-order valence-electron chi connectivity index (χ3n) is 3.88. The summed E-state index contributed by atoms with van der Waals surface area (Å²) < 4.78 is 5.36. The molecule has 0 aliphatic carbocycles. The van der Waals surface area contributed by atoms with Gasteiger partial charge < -0.3 is 9.64 Å². The summed E-state index contributed by atoms with van der Waals surface area (Å²) in [7, 11) is 0. The minimum Gasteiger partial charge on any atom is -0.445 e. The van der Waals surface area contributed by atoms with E-state index in [0.717, 1.165) is 44.7 Å². The fraction of sp³-hybridized carbons (Fsp3) is 0.529. The Balaban J connectivity index is 1.67. The van der Waals surface area contributed by atoms with Crippen LogP contribution in [0.25, 0.3) is 0 Å². The molecule has 1 radical (unpaired) electrons. The lowest BCUT2D eigenvalue weighted by molar-refractivity contribution is 0.0713. The second-order valence-corrected chi connectivity index (χ2v) is 6.01. The van der Waals surface area contributed by atoms with E-state index in [9.17, 15) is 4.79 Å². The predicted octanol–water partition coefficient (Wildman–Crippen LogP) is 3.60. The van der Waals surface area contributed by atoms with Crippen molar-refractivity contribution in [3.8, 4) is 0 Å². The lowest BCUT2D eigenvalue weighted by Crippen LogP contribution is -2.48. The van der Waals surface area contributed by atoms with E-state index in [1.807, 2.05) is 12.1 Å². The maximum absolute atomic E-state index is 12.1. The molecule has 4 nitrogen and oxygen atoms in total. The summed E-state index contributed by atoms with van der Waals surface area (Å²) in [5.41, 5.74) is 0.949. The topological polar surface area (TPSA) is 32.8 Å². The number of hydrogen-bond acceptors (Lipinski definition) is 3. The third-order valence-corrected chi connectivity index (χ3v) is 4.13. The van der Waals surface area contributed by atoms with Crippen LogP contribution in [0.1, 0.15) is 24.8 Å². The van der Waals surface area contributed by atoms with Gasteiger partial charge in [-0.15, -0.1) is 0 Å². The Morgan fingerprint density at radius 2 is 1.82 bits per heavy atom. The molecular weight excluding hydrogens is 300 g/mol. The summed E-state index contributed by atoms with van der Waals surface area (Å²) in [6.45, 7) is 8.58. The normalized spacial score (nSPS) is 15.8. The van der Waals surface area contributed by atoms with Crippen molar-refractivity contribution in [3.63, 3.8) is 0 Å². The highest BCUT2D eigenvalue weighted by atomic mass is 35.5. The molecule has 0 bridgehead atoms. The van der Waals surface area contributed by atoms with E-state index in [0.29, 0.717) is 11.6 Å². The SMILES string of the molecule is [CH2]CCCCN1CCN(C(=O)OCc2ccc(Cl)cc2)CC1. The first kappa shape index (κ1) is 17.1. The van der Waals surface area contributed by atoms with Gasteiger partial charge in [-0.1, -0.05) is 43.5 Å². The van der Waals surface area contributed by atoms with E-state index < -0.39 is 0 Å². The van der Waals surface area contributed by atoms with Gasteiger partial charge in [0.25, 0.3) is 0 Å². The van der Waals surface area contributed by atoms with Crippen molar-refractivity contribution in [2.24, 2.45) is 0 Å². The van der Waals surface area contributed by atoms with Crippen LogP contribution < -0.4 is 0 Å². The Morgan fingerprint density at radius 3 is 2.45 bits per heavy atom. The van der Waals surface area contributed by atoms with Crippen LogP contribution in [0.2, 0.25) is 5.02 Å². The summed E-state index contributed by atoms with van der Waals surface area (Å²) in [6, 6.07) is 7.34. The van der Waals surface area contributed by atoms with Crippen LogP contribution in [0.4, 0.5) is 4.79 Å². The number of benzene rings is 1. The molecule has 1 aliphatic rings. The molecule has 1 aromatic rings. The van der Waals surface area contributed by atoms with Gasteiger partial charge in [0.2, 0.25) is 0 Å². The zero-order chi connectivity index (χ0) is 15.8. The molecule has 0 N–H and O–H groups in total. The summed E-state index contributed by atoms with van der Waals surface area (Å²) >= 11 is 5.83. The maximum Gasteiger partial charge on any atom is 0.410 e. The van der Waals surface area contributed by atoms with Crippen LogP contribution >= 0.6 is 11.6 Å². The Kier molecular flexibility index (Phi) is 7.00. The van der Waals surface area contributed by atoms with Crippen LogP contribution in [-0.4, -0.2) is 48.6 Å². The first-order valence-corrected chi connectivity index (χ1v) is 8.24. The lowest BCUT2D eigenvalue weighted by Gasteiger charge is -2.34. The smallest absolute Gasteiger partial charge is 0.410 e. The van der Waals surface area contributed by atoms with Crippen molar-refractivity contribution in [1.82, 2.24) is 9.80 Å². The number of amides is 1. The molecule has 1 heterocycles. The summed E-state index contributed by atoms with van der Waals surface area (Å²) in [4.78, 5) is 16.2. The molecule has 1 saturated heterocycles. The second kappa shape index (κ2) is 9.01. The Morgan fingerprint density at radius 1 is 1.14 bits per heavy atom. The van der Waals surface area contributed by atoms with E-state index in [1.165, 1.54) is 12.8 Å². The monoisotopic (exact) mass is 323 g/mol. The summed E-state index contributed by atoms with van der Waals surface area (Å²) in [6.07, 6.45) is 3.12. The number of carbonyl (C=O) groups excluding carboxylic acids is 1. The largest absolute Gasteiger partial charge is 0.445 e. The molecule has 1 amide bonds. The molecule has 2 rings (SSSR count). The zero-order valence-electron chi connectivity index (χ0n) is 13.0. The van der Waals surface area contributed by atoms with Gasteiger partial charge in [-0.2, -0.15) is 0 Å². The van der Waals surface area contributed by atoms with Crippen LogP contribution in [-0.2, 0) is 11.3 Å². The molecule has 0 spiro atoms. The fourth-order valence-corrected chi connectivity index (χ4v) is 2.61. The molecule has 121 valence electrons. The Hall–Kier alpha value is -1.26. The molecule has 5 heteroatoms. The third kappa shape index (κ3) is 5.50. The van der Waals surface area contributed by atoms with Crippen molar-refractivity contribution in [2.45, 2.75) is 25.9 Å². The highest BCUT2D eigenvalue weighted by molar-refractivity contribution is 6.30. The van der Waals surface area contributed by atoms with Crippen LogP contribution in [0.3, 0.4) is 0 Å². The molecule has 0 saturated carbocycles. The second-order valence-electron chi connectivity index (χ2n) is 5.57. The molecule has 0 aromatic heterocycles.